The van der Waals surface area contributed by atoms with Gasteiger partial charge in [-0.15, -0.1) is 0 Å². The molecule has 36 heavy (non-hydrogen) atoms. The van der Waals surface area contributed by atoms with Crippen molar-refractivity contribution in [3.05, 3.63) is 119 Å². The SMILES string of the molecule is c1ccc2c(c1)Cc1ccccc1N2CCCCCCCCN1c2ccccc2Cc2ccccc21. The Balaban J connectivity index is 0.987. The standard InChI is InChI=1S/C34H36N2/c1(3-13-23-35-31-19-9-5-15-27(31)25-28-16-6-10-20-32(28)35)2-4-14-24-36-33-21-11-7-17-29(33)26-30-18-8-12-22-34(30)36/h5-12,15-22H,1-4,13-14,23-26H2. The van der Waals surface area contributed by atoms with Crippen LogP contribution in [0.2, 0.25) is 0 Å². The van der Waals surface area contributed by atoms with Gasteiger partial charge in [-0.2, -0.15) is 0 Å². The highest BCUT2D eigenvalue weighted by atomic mass is 15.1. The Hall–Kier alpha value is -3.52. The summed E-state index contributed by atoms with van der Waals surface area (Å²) in [6, 6.07) is 35.7. The van der Waals surface area contributed by atoms with E-state index in [0.717, 1.165) is 25.9 Å². The van der Waals surface area contributed by atoms with E-state index >= 15 is 0 Å². The summed E-state index contributed by atoms with van der Waals surface area (Å²) in [5.41, 5.74) is 11.4. The van der Waals surface area contributed by atoms with E-state index in [9.17, 15) is 0 Å². The highest BCUT2D eigenvalue weighted by Crippen LogP contribution is 2.39. The highest BCUT2D eigenvalue weighted by molar-refractivity contribution is 5.75. The molecule has 0 amide bonds. The van der Waals surface area contributed by atoms with Crippen LogP contribution < -0.4 is 9.80 Å². The zero-order valence-electron chi connectivity index (χ0n) is 21.2. The van der Waals surface area contributed by atoms with Crippen molar-refractivity contribution in [1.82, 2.24) is 0 Å². The third-order valence-electron chi connectivity index (χ3n) is 7.90. The Kier molecular flexibility index (Phi) is 6.76. The number of nitrogens with zero attached hydrogens (tertiary/aromatic N) is 2. The minimum atomic E-state index is 1.05. The van der Waals surface area contributed by atoms with Gasteiger partial charge in [-0.25, -0.2) is 0 Å². The van der Waals surface area contributed by atoms with Gasteiger partial charge in [-0.05, 0) is 59.4 Å². The first-order valence-electron chi connectivity index (χ1n) is 13.8. The third kappa shape index (κ3) is 4.65. The minimum absolute atomic E-state index is 1.05. The van der Waals surface area contributed by atoms with Crippen LogP contribution in [0.25, 0.3) is 0 Å². The zero-order valence-corrected chi connectivity index (χ0v) is 21.2. The van der Waals surface area contributed by atoms with Gasteiger partial charge in [0, 0.05) is 48.7 Å². The molecule has 0 N–H and O–H groups in total. The van der Waals surface area contributed by atoms with Crippen molar-refractivity contribution in [3.8, 4) is 0 Å². The first-order valence-corrected chi connectivity index (χ1v) is 13.8. The minimum Gasteiger partial charge on any atom is -0.341 e. The molecule has 2 heteroatoms. The Morgan fingerprint density at radius 3 is 0.972 bits per heavy atom. The second-order valence-corrected chi connectivity index (χ2v) is 10.3. The van der Waals surface area contributed by atoms with E-state index in [2.05, 4.69) is 107 Å². The molecule has 0 atom stereocenters. The number of fused-ring (bicyclic) bond motifs is 4. The van der Waals surface area contributed by atoms with Gasteiger partial charge in [-0.3, -0.25) is 0 Å². The quantitative estimate of drug-likeness (QED) is 0.225. The van der Waals surface area contributed by atoms with Crippen molar-refractivity contribution < 1.29 is 0 Å². The molecule has 6 rings (SSSR count). The Morgan fingerprint density at radius 1 is 0.361 bits per heavy atom. The van der Waals surface area contributed by atoms with Crippen molar-refractivity contribution in [2.75, 3.05) is 22.9 Å². The summed E-state index contributed by atoms with van der Waals surface area (Å²) in [6.07, 6.45) is 9.84. The number of hydrogen-bond acceptors (Lipinski definition) is 2. The lowest BCUT2D eigenvalue weighted by Crippen LogP contribution is -2.24. The monoisotopic (exact) mass is 472 g/mol. The number of unbranched alkanes of at least 4 members (excludes halogenated alkanes) is 5. The molecule has 0 saturated heterocycles. The molecule has 0 saturated carbocycles. The Morgan fingerprint density at radius 2 is 0.639 bits per heavy atom. The van der Waals surface area contributed by atoms with Crippen LogP contribution in [0.3, 0.4) is 0 Å². The lowest BCUT2D eigenvalue weighted by Gasteiger charge is -2.33. The van der Waals surface area contributed by atoms with Crippen LogP contribution in [0.4, 0.5) is 22.7 Å². The molecule has 2 aliphatic rings. The summed E-state index contributed by atoms with van der Waals surface area (Å²) >= 11 is 0. The highest BCUT2D eigenvalue weighted by Gasteiger charge is 2.22. The zero-order chi connectivity index (χ0) is 24.2. The van der Waals surface area contributed by atoms with Crippen molar-refractivity contribution >= 4 is 22.7 Å². The van der Waals surface area contributed by atoms with Crippen molar-refractivity contribution in [1.29, 1.82) is 0 Å². The van der Waals surface area contributed by atoms with Gasteiger partial charge in [0.2, 0.25) is 0 Å². The lowest BCUT2D eigenvalue weighted by atomic mass is 9.95. The first kappa shape index (κ1) is 22.9. The van der Waals surface area contributed by atoms with Gasteiger partial charge in [0.1, 0.15) is 0 Å². The number of rotatable bonds is 9. The van der Waals surface area contributed by atoms with Crippen LogP contribution in [0.15, 0.2) is 97.1 Å². The van der Waals surface area contributed by atoms with Crippen molar-refractivity contribution in [3.63, 3.8) is 0 Å². The van der Waals surface area contributed by atoms with Crippen LogP contribution in [0.1, 0.15) is 60.8 Å². The number of benzene rings is 4. The van der Waals surface area contributed by atoms with Crippen LogP contribution in [-0.2, 0) is 12.8 Å². The van der Waals surface area contributed by atoms with E-state index < -0.39 is 0 Å². The number of para-hydroxylation sites is 4. The summed E-state index contributed by atoms with van der Waals surface area (Å²) in [5.74, 6) is 0. The van der Waals surface area contributed by atoms with Crippen LogP contribution in [0, 0.1) is 0 Å². The molecular formula is C34H36N2. The Labute approximate surface area is 216 Å². The first-order chi connectivity index (χ1) is 17.9. The van der Waals surface area contributed by atoms with Gasteiger partial charge < -0.3 is 9.80 Å². The van der Waals surface area contributed by atoms with E-state index in [1.165, 1.54) is 83.5 Å². The van der Waals surface area contributed by atoms with Gasteiger partial charge in [0.05, 0.1) is 0 Å². The molecule has 0 unspecified atom stereocenters. The smallest absolute Gasteiger partial charge is 0.0446 e. The summed E-state index contributed by atoms with van der Waals surface area (Å²) < 4.78 is 0. The van der Waals surface area contributed by atoms with E-state index in [4.69, 9.17) is 0 Å². The molecule has 0 aliphatic carbocycles. The van der Waals surface area contributed by atoms with E-state index in [0.29, 0.717) is 0 Å². The summed E-state index contributed by atoms with van der Waals surface area (Å²) in [5, 5.41) is 0. The van der Waals surface area contributed by atoms with Crippen LogP contribution >= 0.6 is 0 Å². The van der Waals surface area contributed by atoms with Crippen LogP contribution in [-0.4, -0.2) is 13.1 Å². The Bertz CT molecular complexity index is 1130. The lowest BCUT2D eigenvalue weighted by molar-refractivity contribution is 0.596. The van der Waals surface area contributed by atoms with Crippen molar-refractivity contribution in [2.45, 2.75) is 51.4 Å². The molecule has 0 aromatic heterocycles. The summed E-state index contributed by atoms with van der Waals surface area (Å²) in [4.78, 5) is 5.11. The molecule has 4 aromatic carbocycles. The van der Waals surface area contributed by atoms with Crippen LogP contribution in [0.5, 0.6) is 0 Å². The molecule has 4 aromatic rings. The van der Waals surface area contributed by atoms with Gasteiger partial charge in [0.25, 0.3) is 0 Å². The second-order valence-electron chi connectivity index (χ2n) is 10.3. The maximum Gasteiger partial charge on any atom is 0.0446 e. The normalized spacial score (nSPS) is 13.6. The van der Waals surface area contributed by atoms with E-state index in [-0.39, 0.29) is 0 Å². The fraction of sp³-hybridized carbons (Fsp3) is 0.294. The second kappa shape index (κ2) is 10.6. The molecule has 0 radical (unpaired) electrons. The maximum atomic E-state index is 2.55. The predicted octanol–water partition coefficient (Wildman–Crippen LogP) is 8.81. The largest absolute Gasteiger partial charge is 0.341 e. The average molecular weight is 473 g/mol. The fourth-order valence-corrected chi connectivity index (χ4v) is 6.09. The fourth-order valence-electron chi connectivity index (χ4n) is 6.09. The molecular weight excluding hydrogens is 436 g/mol. The molecule has 2 nitrogen and oxygen atoms in total. The maximum absolute atomic E-state index is 2.55. The number of hydrogen-bond donors (Lipinski definition) is 0. The van der Waals surface area contributed by atoms with E-state index in [1.54, 1.807) is 0 Å². The van der Waals surface area contributed by atoms with Gasteiger partial charge >= 0.3 is 0 Å². The summed E-state index contributed by atoms with van der Waals surface area (Å²) in [7, 11) is 0. The van der Waals surface area contributed by atoms with Crippen molar-refractivity contribution in [2.24, 2.45) is 0 Å². The predicted molar refractivity (Wildman–Crippen MR) is 153 cm³/mol. The van der Waals surface area contributed by atoms with Gasteiger partial charge in [-0.1, -0.05) is 98.5 Å². The van der Waals surface area contributed by atoms with E-state index in [1.807, 2.05) is 0 Å². The molecule has 0 spiro atoms. The topological polar surface area (TPSA) is 6.48 Å². The van der Waals surface area contributed by atoms with Gasteiger partial charge in [0.15, 0.2) is 0 Å². The molecule has 2 aliphatic heterocycles. The molecule has 182 valence electrons. The molecule has 2 heterocycles. The molecule has 0 bridgehead atoms. The average Bonchev–Trinajstić information content (AvgIpc) is 2.93. The number of anilines is 4. The summed E-state index contributed by atoms with van der Waals surface area (Å²) in [6.45, 7) is 2.21. The third-order valence-corrected chi connectivity index (χ3v) is 7.90. The molecule has 0 fully saturated rings.